The van der Waals surface area contributed by atoms with Gasteiger partial charge in [0.1, 0.15) is 5.44 Å². The molecular formula is C19H32N2O6S2. The van der Waals surface area contributed by atoms with Gasteiger partial charge in [0.15, 0.2) is 0 Å². The highest BCUT2D eigenvalue weighted by Gasteiger charge is 2.21. The number of ether oxygens (including phenoxy) is 2. The third kappa shape index (κ3) is 11.0. The van der Waals surface area contributed by atoms with Gasteiger partial charge in [0, 0.05) is 42.5 Å². The molecule has 0 aliphatic heterocycles. The largest absolute Gasteiger partial charge is 0.376 e. The minimum absolute atomic E-state index is 0.0318. The SMILES string of the molecule is CC(C)NCCN(C)C(=O)c1ccc(C(OCCOC(C)C)SS(=O)(=O)O)cc1. The minimum Gasteiger partial charge on any atom is -0.376 e. The number of nitrogens with zero attached hydrogens (tertiary/aromatic N) is 1. The average molecular weight is 449 g/mol. The van der Waals surface area contributed by atoms with Crippen LogP contribution in [0.3, 0.4) is 0 Å². The maximum Gasteiger partial charge on any atom is 0.322 e. The van der Waals surface area contributed by atoms with Gasteiger partial charge in [-0.15, -0.1) is 0 Å². The Morgan fingerprint density at radius 2 is 1.72 bits per heavy atom. The summed E-state index contributed by atoms with van der Waals surface area (Å²) in [5.74, 6) is -0.132. The number of nitrogens with one attached hydrogen (secondary N) is 1. The summed E-state index contributed by atoms with van der Waals surface area (Å²) in [6, 6.07) is 6.84. The number of rotatable bonds is 13. The van der Waals surface area contributed by atoms with Crippen molar-refractivity contribution in [3.63, 3.8) is 0 Å². The Hall–Kier alpha value is -1.17. The Labute approximate surface area is 177 Å². The van der Waals surface area contributed by atoms with Crippen molar-refractivity contribution in [3.05, 3.63) is 35.4 Å². The fourth-order valence-electron chi connectivity index (χ4n) is 2.35. The van der Waals surface area contributed by atoms with Gasteiger partial charge in [0.05, 0.1) is 19.3 Å². The van der Waals surface area contributed by atoms with Crippen LogP contribution in [0.1, 0.15) is 49.1 Å². The lowest BCUT2D eigenvalue weighted by Gasteiger charge is -2.20. The highest BCUT2D eigenvalue weighted by molar-refractivity contribution is 8.69. The summed E-state index contributed by atoms with van der Waals surface area (Å²) in [6.07, 6.45) is 0.0318. The van der Waals surface area contributed by atoms with Crippen molar-refractivity contribution in [3.8, 4) is 0 Å². The fourth-order valence-corrected chi connectivity index (χ4v) is 4.16. The lowest BCUT2D eigenvalue weighted by Crippen LogP contribution is -2.36. The lowest BCUT2D eigenvalue weighted by molar-refractivity contribution is 0.0119. The Bertz CT molecular complexity index is 723. The van der Waals surface area contributed by atoms with Crippen molar-refractivity contribution in [2.24, 2.45) is 0 Å². The quantitative estimate of drug-likeness (QED) is 0.205. The van der Waals surface area contributed by atoms with Crippen molar-refractivity contribution in [2.45, 2.75) is 45.3 Å². The van der Waals surface area contributed by atoms with E-state index in [1.165, 1.54) is 0 Å². The molecule has 0 saturated heterocycles. The summed E-state index contributed by atoms with van der Waals surface area (Å²) in [7, 11) is -2.29. The summed E-state index contributed by atoms with van der Waals surface area (Å²) in [5, 5.41) is 3.26. The van der Waals surface area contributed by atoms with Crippen molar-refractivity contribution < 1.29 is 27.2 Å². The molecule has 1 aromatic rings. The third-order valence-electron chi connectivity index (χ3n) is 3.79. The lowest BCUT2D eigenvalue weighted by atomic mass is 10.1. The molecule has 2 N–H and O–H groups in total. The van der Waals surface area contributed by atoms with Gasteiger partial charge in [-0.2, -0.15) is 8.42 Å². The molecule has 1 rings (SSSR count). The first-order valence-electron chi connectivity index (χ1n) is 9.47. The molecular weight excluding hydrogens is 416 g/mol. The van der Waals surface area contributed by atoms with Crippen molar-refractivity contribution >= 4 is 25.9 Å². The smallest absolute Gasteiger partial charge is 0.322 e. The second-order valence-electron chi connectivity index (χ2n) is 7.10. The second-order valence-corrected chi connectivity index (χ2v) is 10.4. The standard InChI is InChI=1S/C19H32N2O6S2/c1-14(2)20-10-11-21(5)18(22)16-6-8-17(9-7-16)19(28-29(23,24)25)27-13-12-26-15(3)4/h6-9,14-15,19-20H,10-13H2,1-5H3,(H,23,24,25). The Morgan fingerprint density at radius 3 is 2.24 bits per heavy atom. The Morgan fingerprint density at radius 1 is 1.14 bits per heavy atom. The maximum atomic E-state index is 12.5. The number of likely N-dealkylation sites (N-methyl/N-ethyl adjacent to an activating group) is 1. The van der Waals surface area contributed by atoms with Gasteiger partial charge in [-0.1, -0.05) is 26.0 Å². The molecule has 0 aliphatic rings. The van der Waals surface area contributed by atoms with Crippen LogP contribution in [0.25, 0.3) is 0 Å². The van der Waals surface area contributed by atoms with Crippen LogP contribution in [-0.2, 0) is 18.6 Å². The van der Waals surface area contributed by atoms with Gasteiger partial charge in [-0.25, -0.2) is 0 Å². The van der Waals surface area contributed by atoms with E-state index in [4.69, 9.17) is 9.47 Å². The number of amides is 1. The predicted molar refractivity (Wildman–Crippen MR) is 115 cm³/mol. The molecule has 1 amide bonds. The molecule has 166 valence electrons. The first kappa shape index (κ1) is 25.9. The molecule has 1 unspecified atom stereocenters. The van der Waals surface area contributed by atoms with Crippen molar-refractivity contribution in [2.75, 3.05) is 33.4 Å². The van der Waals surface area contributed by atoms with Crippen LogP contribution in [0.15, 0.2) is 24.3 Å². The van der Waals surface area contributed by atoms with E-state index in [0.29, 0.717) is 47.7 Å². The molecule has 0 saturated carbocycles. The monoisotopic (exact) mass is 448 g/mol. The zero-order valence-electron chi connectivity index (χ0n) is 17.6. The molecule has 1 atom stereocenters. The third-order valence-corrected chi connectivity index (χ3v) is 5.87. The van der Waals surface area contributed by atoms with Crippen LogP contribution in [0.4, 0.5) is 0 Å². The fraction of sp³-hybridized carbons (Fsp3) is 0.632. The summed E-state index contributed by atoms with van der Waals surface area (Å²) in [6.45, 7) is 9.57. The average Bonchev–Trinajstić information content (AvgIpc) is 2.62. The van der Waals surface area contributed by atoms with Crippen LogP contribution in [0.2, 0.25) is 0 Å². The van der Waals surface area contributed by atoms with Crippen LogP contribution in [0.5, 0.6) is 0 Å². The van der Waals surface area contributed by atoms with Crippen LogP contribution in [-0.4, -0.2) is 69.3 Å². The summed E-state index contributed by atoms with van der Waals surface area (Å²) < 4.78 is 42.8. The van der Waals surface area contributed by atoms with Crippen molar-refractivity contribution in [1.29, 1.82) is 0 Å². The first-order chi connectivity index (χ1) is 13.5. The minimum atomic E-state index is -4.31. The van der Waals surface area contributed by atoms with E-state index in [9.17, 15) is 17.8 Å². The van der Waals surface area contributed by atoms with Crippen LogP contribution < -0.4 is 5.32 Å². The molecule has 29 heavy (non-hydrogen) atoms. The molecule has 10 heteroatoms. The van der Waals surface area contributed by atoms with E-state index in [2.05, 4.69) is 5.32 Å². The van der Waals surface area contributed by atoms with E-state index in [-0.39, 0.29) is 18.6 Å². The maximum absolute atomic E-state index is 12.5. The molecule has 0 radical (unpaired) electrons. The molecule has 0 aromatic heterocycles. The van der Waals surface area contributed by atoms with Gasteiger partial charge in [0.25, 0.3) is 5.91 Å². The van der Waals surface area contributed by atoms with E-state index >= 15 is 0 Å². The number of hydrogen-bond donors (Lipinski definition) is 2. The van der Waals surface area contributed by atoms with Gasteiger partial charge in [0.2, 0.25) is 0 Å². The zero-order valence-corrected chi connectivity index (χ0v) is 19.3. The Balaban J connectivity index is 2.77. The number of carbonyl (C=O) groups excluding carboxylic acids is 1. The molecule has 0 fully saturated rings. The number of carbonyl (C=O) groups is 1. The predicted octanol–water partition coefficient (Wildman–Crippen LogP) is 2.73. The van der Waals surface area contributed by atoms with Crippen molar-refractivity contribution in [1.82, 2.24) is 10.2 Å². The first-order valence-corrected chi connectivity index (χ1v) is 12.3. The number of hydrogen-bond acceptors (Lipinski definition) is 7. The van der Waals surface area contributed by atoms with Gasteiger partial charge in [-0.05, 0) is 31.5 Å². The Kier molecular flexibility index (Phi) is 11.2. The molecule has 0 spiro atoms. The number of benzene rings is 1. The van der Waals surface area contributed by atoms with Crippen LogP contribution >= 0.6 is 10.8 Å². The van der Waals surface area contributed by atoms with E-state index in [1.807, 2.05) is 27.7 Å². The normalized spacial score (nSPS) is 13.1. The zero-order chi connectivity index (χ0) is 22.0. The highest BCUT2D eigenvalue weighted by Crippen LogP contribution is 2.33. The van der Waals surface area contributed by atoms with Gasteiger partial charge in [-0.3, -0.25) is 9.35 Å². The van der Waals surface area contributed by atoms with E-state index < -0.39 is 14.6 Å². The van der Waals surface area contributed by atoms with E-state index in [1.54, 1.807) is 36.2 Å². The molecule has 8 nitrogen and oxygen atoms in total. The molecule has 1 aromatic carbocycles. The summed E-state index contributed by atoms with van der Waals surface area (Å²) in [5.41, 5.74) is 0.0790. The summed E-state index contributed by atoms with van der Waals surface area (Å²) >= 11 is 0. The second kappa shape index (κ2) is 12.5. The molecule has 0 heterocycles. The highest BCUT2D eigenvalue weighted by atomic mass is 33.1. The molecule has 0 bridgehead atoms. The topological polar surface area (TPSA) is 105 Å². The molecule has 0 aliphatic carbocycles. The summed E-state index contributed by atoms with van der Waals surface area (Å²) in [4.78, 5) is 14.1. The van der Waals surface area contributed by atoms with Gasteiger partial charge < -0.3 is 19.7 Å². The van der Waals surface area contributed by atoms with Crippen LogP contribution in [0, 0.1) is 0 Å². The van der Waals surface area contributed by atoms with E-state index in [0.717, 1.165) is 0 Å². The van der Waals surface area contributed by atoms with Gasteiger partial charge >= 0.3 is 9.15 Å².